The van der Waals surface area contributed by atoms with Gasteiger partial charge in [-0.25, -0.2) is 4.98 Å². The van der Waals surface area contributed by atoms with Crippen molar-refractivity contribution in [3.05, 3.63) is 39.8 Å². The highest BCUT2D eigenvalue weighted by atomic mass is 32.1. The molecule has 0 bridgehead atoms. The lowest BCUT2D eigenvalue weighted by Gasteiger charge is -2.05. The van der Waals surface area contributed by atoms with Crippen molar-refractivity contribution >= 4 is 21.6 Å². The lowest BCUT2D eigenvalue weighted by atomic mass is 10.2. The van der Waals surface area contributed by atoms with Crippen LogP contribution in [0.15, 0.2) is 28.7 Å². The third kappa shape index (κ3) is 1.80. The minimum atomic E-state index is 0.0395. The number of fused-ring (bicyclic) bond motifs is 1. The van der Waals surface area contributed by atoms with Crippen molar-refractivity contribution in [2.45, 2.75) is 26.8 Å². The summed E-state index contributed by atoms with van der Waals surface area (Å²) < 4.78 is 2.37. The molecule has 0 aliphatic rings. The predicted molar refractivity (Wildman–Crippen MR) is 68.0 cm³/mol. The zero-order valence-electron chi connectivity index (χ0n) is 9.49. The fourth-order valence-corrected chi connectivity index (χ4v) is 2.48. The SMILES string of the molecule is C=C(CC)Cn1cnc2c(C)csc2c1=O. The molecule has 3 nitrogen and oxygen atoms in total. The van der Waals surface area contributed by atoms with Crippen molar-refractivity contribution in [3.8, 4) is 0 Å². The molecule has 0 aliphatic carbocycles. The van der Waals surface area contributed by atoms with Crippen LogP contribution >= 0.6 is 11.3 Å². The van der Waals surface area contributed by atoms with Gasteiger partial charge in [0.2, 0.25) is 0 Å². The van der Waals surface area contributed by atoms with E-state index in [4.69, 9.17) is 0 Å². The van der Waals surface area contributed by atoms with E-state index in [2.05, 4.69) is 11.6 Å². The lowest BCUT2D eigenvalue weighted by Crippen LogP contribution is -2.20. The van der Waals surface area contributed by atoms with Crippen LogP contribution in [0.3, 0.4) is 0 Å². The lowest BCUT2D eigenvalue weighted by molar-refractivity contribution is 0.720. The third-order valence-corrected chi connectivity index (χ3v) is 3.69. The summed E-state index contributed by atoms with van der Waals surface area (Å²) >= 11 is 1.46. The van der Waals surface area contributed by atoms with Crippen LogP contribution in [0, 0.1) is 6.92 Å². The number of rotatable bonds is 3. The molecule has 0 saturated carbocycles. The predicted octanol–water partition coefficient (Wildman–Crippen LogP) is 2.73. The zero-order chi connectivity index (χ0) is 11.7. The first-order valence-corrected chi connectivity index (χ1v) is 6.11. The highest BCUT2D eigenvalue weighted by molar-refractivity contribution is 7.17. The number of hydrogen-bond acceptors (Lipinski definition) is 3. The average Bonchev–Trinajstić information content (AvgIpc) is 2.65. The summed E-state index contributed by atoms with van der Waals surface area (Å²) in [6.07, 6.45) is 2.50. The van der Waals surface area contributed by atoms with E-state index in [1.165, 1.54) is 11.3 Å². The van der Waals surface area contributed by atoms with Crippen LogP contribution in [-0.2, 0) is 6.54 Å². The summed E-state index contributed by atoms with van der Waals surface area (Å²) in [6.45, 7) is 8.48. The van der Waals surface area contributed by atoms with Crippen LogP contribution in [0.2, 0.25) is 0 Å². The molecule has 2 rings (SSSR count). The molecular weight excluding hydrogens is 220 g/mol. The van der Waals surface area contributed by atoms with Gasteiger partial charge in [0.25, 0.3) is 5.56 Å². The number of thiophene rings is 1. The minimum Gasteiger partial charge on any atom is -0.294 e. The molecule has 0 amide bonds. The molecule has 2 aromatic rings. The molecule has 0 aromatic carbocycles. The molecule has 2 heterocycles. The van der Waals surface area contributed by atoms with Crippen molar-refractivity contribution in [1.82, 2.24) is 9.55 Å². The molecule has 0 fully saturated rings. The second kappa shape index (κ2) is 4.22. The maximum absolute atomic E-state index is 12.1. The summed E-state index contributed by atoms with van der Waals surface area (Å²) in [5.41, 5.74) is 2.97. The summed E-state index contributed by atoms with van der Waals surface area (Å²) in [7, 11) is 0. The number of hydrogen-bond donors (Lipinski definition) is 0. The highest BCUT2D eigenvalue weighted by Gasteiger charge is 2.08. The Morgan fingerprint density at radius 3 is 3.06 bits per heavy atom. The van der Waals surface area contributed by atoms with Crippen molar-refractivity contribution in [2.24, 2.45) is 0 Å². The van der Waals surface area contributed by atoms with Gasteiger partial charge in [-0.1, -0.05) is 19.1 Å². The Labute approximate surface area is 98.1 Å². The summed E-state index contributed by atoms with van der Waals surface area (Å²) in [6, 6.07) is 0. The topological polar surface area (TPSA) is 34.9 Å². The summed E-state index contributed by atoms with van der Waals surface area (Å²) in [5.74, 6) is 0. The number of aryl methyl sites for hydroxylation is 1. The number of aromatic nitrogens is 2. The molecule has 0 radical (unpaired) electrons. The standard InChI is InChI=1S/C12H14N2OS/c1-4-8(2)5-14-7-13-10-9(3)6-16-11(10)12(14)15/h6-7H,2,4-5H2,1,3H3. The van der Waals surface area contributed by atoms with E-state index in [9.17, 15) is 4.79 Å². The molecule has 0 atom stereocenters. The monoisotopic (exact) mass is 234 g/mol. The fraction of sp³-hybridized carbons (Fsp3) is 0.333. The Morgan fingerprint density at radius 2 is 2.38 bits per heavy atom. The van der Waals surface area contributed by atoms with Crippen molar-refractivity contribution in [2.75, 3.05) is 0 Å². The van der Waals surface area contributed by atoms with Crippen molar-refractivity contribution in [1.29, 1.82) is 0 Å². The summed E-state index contributed by atoms with van der Waals surface area (Å²) in [4.78, 5) is 16.4. The second-order valence-electron chi connectivity index (χ2n) is 3.88. The van der Waals surface area contributed by atoms with Crippen LogP contribution in [0.5, 0.6) is 0 Å². The van der Waals surface area contributed by atoms with Crippen LogP contribution in [0.4, 0.5) is 0 Å². The largest absolute Gasteiger partial charge is 0.294 e. The Balaban J connectivity index is 2.53. The molecule has 0 saturated heterocycles. The summed E-state index contributed by atoms with van der Waals surface area (Å²) in [5, 5.41) is 1.97. The highest BCUT2D eigenvalue weighted by Crippen LogP contribution is 2.19. The molecular formula is C12H14N2OS. The van der Waals surface area contributed by atoms with E-state index in [1.807, 2.05) is 19.2 Å². The fourth-order valence-electron chi connectivity index (χ4n) is 1.53. The Hall–Kier alpha value is -1.42. The molecule has 0 aliphatic heterocycles. The van der Waals surface area contributed by atoms with Crippen LogP contribution in [0.1, 0.15) is 18.9 Å². The van der Waals surface area contributed by atoms with E-state index >= 15 is 0 Å². The smallest absolute Gasteiger partial charge is 0.271 e. The molecule has 0 spiro atoms. The molecule has 4 heteroatoms. The normalized spacial score (nSPS) is 10.9. The van der Waals surface area contributed by atoms with Crippen LogP contribution in [0.25, 0.3) is 10.2 Å². The molecule has 0 N–H and O–H groups in total. The quantitative estimate of drug-likeness (QED) is 0.765. The van der Waals surface area contributed by atoms with Gasteiger partial charge < -0.3 is 0 Å². The number of allylic oxidation sites excluding steroid dienone is 1. The third-order valence-electron chi connectivity index (χ3n) is 2.62. The van der Waals surface area contributed by atoms with Crippen LogP contribution in [-0.4, -0.2) is 9.55 Å². The number of nitrogens with zero attached hydrogens (tertiary/aromatic N) is 2. The van der Waals surface area contributed by atoms with Crippen LogP contribution < -0.4 is 5.56 Å². The first-order chi connectivity index (χ1) is 7.63. The Bertz CT molecular complexity index is 595. The Morgan fingerprint density at radius 1 is 1.62 bits per heavy atom. The average molecular weight is 234 g/mol. The van der Waals surface area contributed by atoms with Gasteiger partial charge in [-0.05, 0) is 24.3 Å². The van der Waals surface area contributed by atoms with E-state index < -0.39 is 0 Å². The Kier molecular flexibility index (Phi) is 2.92. The van der Waals surface area contributed by atoms with Gasteiger partial charge in [-0.15, -0.1) is 11.3 Å². The molecule has 16 heavy (non-hydrogen) atoms. The second-order valence-corrected chi connectivity index (χ2v) is 4.76. The first-order valence-electron chi connectivity index (χ1n) is 5.23. The van der Waals surface area contributed by atoms with Gasteiger partial charge >= 0.3 is 0 Å². The van der Waals surface area contributed by atoms with Crippen molar-refractivity contribution in [3.63, 3.8) is 0 Å². The van der Waals surface area contributed by atoms with E-state index in [0.717, 1.165) is 27.8 Å². The molecule has 0 unspecified atom stereocenters. The first kappa shape index (κ1) is 11.1. The maximum atomic E-state index is 12.1. The van der Waals surface area contributed by atoms with Gasteiger partial charge in [-0.3, -0.25) is 9.36 Å². The zero-order valence-corrected chi connectivity index (χ0v) is 10.3. The van der Waals surface area contributed by atoms with Gasteiger partial charge in [-0.2, -0.15) is 0 Å². The van der Waals surface area contributed by atoms with Gasteiger partial charge in [0, 0.05) is 6.54 Å². The van der Waals surface area contributed by atoms with E-state index in [-0.39, 0.29) is 5.56 Å². The van der Waals surface area contributed by atoms with Crippen molar-refractivity contribution < 1.29 is 0 Å². The van der Waals surface area contributed by atoms with E-state index in [1.54, 1.807) is 10.9 Å². The molecule has 84 valence electrons. The minimum absolute atomic E-state index is 0.0395. The van der Waals surface area contributed by atoms with Gasteiger partial charge in [0.05, 0.1) is 11.8 Å². The van der Waals surface area contributed by atoms with E-state index in [0.29, 0.717) is 6.54 Å². The van der Waals surface area contributed by atoms with Gasteiger partial charge in [0.15, 0.2) is 0 Å². The van der Waals surface area contributed by atoms with Gasteiger partial charge in [0.1, 0.15) is 4.70 Å². The molecule has 2 aromatic heterocycles. The maximum Gasteiger partial charge on any atom is 0.271 e.